The van der Waals surface area contributed by atoms with E-state index in [-0.39, 0.29) is 49.2 Å². The zero-order chi connectivity index (χ0) is 16.4. The van der Waals surface area contributed by atoms with Gasteiger partial charge in [0.15, 0.2) is 0 Å². The summed E-state index contributed by atoms with van der Waals surface area (Å²) in [5.41, 5.74) is 1.12. The van der Waals surface area contributed by atoms with Crippen LogP contribution in [-0.4, -0.2) is 48.5 Å². The highest BCUT2D eigenvalue weighted by atomic mass is 35.5. The topological polar surface area (TPSA) is 57.3 Å². The molecule has 0 spiro atoms. The van der Waals surface area contributed by atoms with Crippen molar-refractivity contribution in [2.45, 2.75) is 44.2 Å². The molecule has 3 rings (SSSR count). The lowest BCUT2D eigenvalue weighted by molar-refractivity contribution is -0.124. The Kier molecular flexibility index (Phi) is 10.1. The van der Waals surface area contributed by atoms with Gasteiger partial charge in [0.1, 0.15) is 5.82 Å². The minimum absolute atomic E-state index is 0. The number of carbonyl (C=O) groups is 1. The van der Waals surface area contributed by atoms with Crippen molar-refractivity contribution in [1.29, 1.82) is 0 Å². The number of aromatic nitrogens is 1. The van der Waals surface area contributed by atoms with Crippen LogP contribution < -0.4 is 15.5 Å². The van der Waals surface area contributed by atoms with Gasteiger partial charge in [0, 0.05) is 31.7 Å². The van der Waals surface area contributed by atoms with Crippen LogP contribution in [0.2, 0.25) is 0 Å². The van der Waals surface area contributed by atoms with Crippen molar-refractivity contribution >= 4 is 48.9 Å². The molecule has 0 aromatic carbocycles. The van der Waals surface area contributed by atoms with Crippen LogP contribution in [-0.2, 0) is 4.79 Å². The third-order valence-electron chi connectivity index (χ3n) is 4.49. The van der Waals surface area contributed by atoms with Crippen molar-refractivity contribution in [1.82, 2.24) is 15.6 Å². The van der Waals surface area contributed by atoms with E-state index in [4.69, 9.17) is 0 Å². The van der Waals surface area contributed by atoms with Crippen molar-refractivity contribution in [3.8, 4) is 0 Å². The molecule has 10 heteroatoms. The molecule has 0 radical (unpaired) electrons. The second kappa shape index (κ2) is 10.4. The molecule has 2 saturated heterocycles. The summed E-state index contributed by atoms with van der Waals surface area (Å²) in [5, 5.41) is 5.49. The van der Waals surface area contributed by atoms with E-state index in [1.165, 1.54) is 0 Å². The molecule has 2 fully saturated rings. The zero-order valence-electron chi connectivity index (χ0n) is 14.4. The number of carbonyl (C=O) groups excluding carboxylic acids is 1. The first-order valence-corrected chi connectivity index (χ1v) is 8.02. The Balaban J connectivity index is 0.00000208. The van der Waals surface area contributed by atoms with Crippen molar-refractivity contribution in [3.63, 3.8) is 0 Å². The lowest BCUT2D eigenvalue weighted by Crippen LogP contribution is -2.49. The predicted octanol–water partition coefficient (Wildman–Crippen LogP) is 2.74. The van der Waals surface area contributed by atoms with Crippen molar-refractivity contribution in [3.05, 3.63) is 23.9 Å². The maximum Gasteiger partial charge on any atom is 0.262 e. The Morgan fingerprint density at radius 2 is 1.92 bits per heavy atom. The van der Waals surface area contributed by atoms with E-state index in [1.54, 1.807) is 0 Å². The summed E-state index contributed by atoms with van der Waals surface area (Å²) in [6, 6.07) is 3.29. The lowest BCUT2D eigenvalue weighted by atomic mass is 10.0. The summed E-state index contributed by atoms with van der Waals surface area (Å²) >= 11 is 0. The number of nitrogens with one attached hydrogen (secondary N) is 2. The summed E-state index contributed by atoms with van der Waals surface area (Å²) in [6.07, 6.45) is 3.02. The van der Waals surface area contributed by atoms with Gasteiger partial charge < -0.3 is 10.2 Å². The Morgan fingerprint density at radius 1 is 1.27 bits per heavy atom. The van der Waals surface area contributed by atoms with E-state index in [9.17, 15) is 13.6 Å². The molecule has 5 nitrogen and oxygen atoms in total. The van der Waals surface area contributed by atoms with Crippen LogP contribution in [0, 0.1) is 6.92 Å². The normalized spacial score (nSPS) is 21.8. The standard InChI is InChI=1S/C16H22F2N4O.3ClH/c1-11-2-3-14(19-9-11)22-6-4-12(5-7-22)21-15(23)13-8-16(17,18)10-20-13;;;/h2-3,9,12-13,20H,4-8,10H2,1H3,(H,21,23);3*1H. The molecule has 1 aromatic rings. The number of piperidine rings is 1. The Labute approximate surface area is 170 Å². The predicted molar refractivity (Wildman–Crippen MR) is 105 cm³/mol. The highest BCUT2D eigenvalue weighted by Crippen LogP contribution is 2.25. The molecule has 2 aliphatic rings. The van der Waals surface area contributed by atoms with Gasteiger partial charge in [0.25, 0.3) is 5.92 Å². The number of amides is 1. The van der Waals surface area contributed by atoms with Gasteiger partial charge in [-0.3, -0.25) is 10.1 Å². The minimum atomic E-state index is -2.78. The third kappa shape index (κ3) is 6.37. The number of alkyl halides is 2. The zero-order valence-corrected chi connectivity index (χ0v) is 16.9. The number of hydrogen-bond donors (Lipinski definition) is 2. The maximum absolute atomic E-state index is 13.1. The van der Waals surface area contributed by atoms with Gasteiger partial charge in [-0.2, -0.15) is 0 Å². The molecule has 1 atom stereocenters. The largest absolute Gasteiger partial charge is 0.356 e. The van der Waals surface area contributed by atoms with Gasteiger partial charge in [0.05, 0.1) is 12.6 Å². The van der Waals surface area contributed by atoms with Gasteiger partial charge in [-0.05, 0) is 31.4 Å². The number of aryl methyl sites for hydroxylation is 1. The molecule has 1 amide bonds. The molecule has 26 heavy (non-hydrogen) atoms. The number of anilines is 1. The average Bonchev–Trinajstić information content (AvgIpc) is 2.89. The van der Waals surface area contributed by atoms with Gasteiger partial charge in [-0.25, -0.2) is 13.8 Å². The summed E-state index contributed by atoms with van der Waals surface area (Å²) < 4.78 is 26.3. The molecule has 2 N–H and O–H groups in total. The van der Waals surface area contributed by atoms with Gasteiger partial charge in [-0.15, -0.1) is 37.2 Å². The fraction of sp³-hybridized carbons (Fsp3) is 0.625. The van der Waals surface area contributed by atoms with E-state index < -0.39 is 24.9 Å². The quantitative estimate of drug-likeness (QED) is 0.770. The van der Waals surface area contributed by atoms with Gasteiger partial charge in [0.2, 0.25) is 5.91 Å². The first kappa shape index (κ1) is 25.1. The van der Waals surface area contributed by atoms with Crippen LogP contribution in [0.3, 0.4) is 0 Å². The van der Waals surface area contributed by atoms with E-state index >= 15 is 0 Å². The van der Waals surface area contributed by atoms with Crippen molar-refractivity contribution in [2.24, 2.45) is 0 Å². The number of rotatable bonds is 3. The van der Waals surface area contributed by atoms with Crippen LogP contribution in [0.5, 0.6) is 0 Å². The number of nitrogens with zero attached hydrogens (tertiary/aromatic N) is 2. The van der Waals surface area contributed by atoms with E-state index in [0.29, 0.717) is 0 Å². The lowest BCUT2D eigenvalue weighted by Gasteiger charge is -2.33. The Bertz CT molecular complexity index is 569. The van der Waals surface area contributed by atoms with E-state index in [0.717, 1.165) is 37.3 Å². The molecule has 0 saturated carbocycles. The highest BCUT2D eigenvalue weighted by molar-refractivity contribution is 5.86. The molecule has 2 aliphatic heterocycles. The van der Waals surface area contributed by atoms with Crippen LogP contribution in [0.25, 0.3) is 0 Å². The van der Waals surface area contributed by atoms with Gasteiger partial charge >= 0.3 is 0 Å². The SMILES string of the molecule is Cc1ccc(N2CCC(NC(=O)C3CC(F)(F)CN3)CC2)nc1.Cl.Cl.Cl. The summed E-state index contributed by atoms with van der Waals surface area (Å²) in [4.78, 5) is 18.7. The fourth-order valence-corrected chi connectivity index (χ4v) is 3.10. The number of pyridine rings is 1. The molecule has 0 bridgehead atoms. The monoisotopic (exact) mass is 432 g/mol. The second-order valence-corrected chi connectivity index (χ2v) is 6.46. The molecular formula is C16H25Cl3F2N4O. The van der Waals surface area contributed by atoms with Gasteiger partial charge in [-0.1, -0.05) is 6.07 Å². The summed E-state index contributed by atoms with van der Waals surface area (Å²) in [7, 11) is 0. The van der Waals surface area contributed by atoms with E-state index in [1.807, 2.05) is 25.3 Å². The second-order valence-electron chi connectivity index (χ2n) is 6.46. The number of hydrogen-bond acceptors (Lipinski definition) is 4. The summed E-state index contributed by atoms with van der Waals surface area (Å²) in [5.74, 6) is -2.14. The molecule has 1 aromatic heterocycles. The average molecular weight is 434 g/mol. The molecule has 150 valence electrons. The molecule has 3 heterocycles. The van der Waals surface area contributed by atoms with E-state index in [2.05, 4.69) is 20.5 Å². The third-order valence-corrected chi connectivity index (χ3v) is 4.49. The first-order chi connectivity index (χ1) is 10.9. The minimum Gasteiger partial charge on any atom is -0.356 e. The van der Waals surface area contributed by atoms with Crippen molar-refractivity contribution < 1.29 is 13.6 Å². The van der Waals surface area contributed by atoms with Crippen LogP contribution in [0.15, 0.2) is 18.3 Å². The summed E-state index contributed by atoms with van der Waals surface area (Å²) in [6.45, 7) is 3.19. The van der Waals surface area contributed by atoms with Crippen molar-refractivity contribution in [2.75, 3.05) is 24.5 Å². The van der Waals surface area contributed by atoms with Crippen LogP contribution in [0.4, 0.5) is 14.6 Å². The number of halogens is 5. The van der Waals surface area contributed by atoms with Crippen LogP contribution in [0.1, 0.15) is 24.8 Å². The van der Waals surface area contributed by atoms with Crippen LogP contribution >= 0.6 is 37.2 Å². The molecule has 0 aliphatic carbocycles. The fourth-order valence-electron chi connectivity index (χ4n) is 3.10. The Hall–Kier alpha value is -0.890. The molecular weight excluding hydrogens is 409 g/mol. The Morgan fingerprint density at radius 3 is 2.42 bits per heavy atom. The first-order valence-electron chi connectivity index (χ1n) is 8.02. The maximum atomic E-state index is 13.1. The smallest absolute Gasteiger partial charge is 0.262 e. The highest BCUT2D eigenvalue weighted by Gasteiger charge is 2.42. The molecule has 1 unspecified atom stereocenters.